The van der Waals surface area contributed by atoms with Gasteiger partial charge in [-0.3, -0.25) is 9.59 Å². The number of piperidine rings is 1. The van der Waals surface area contributed by atoms with Crippen molar-refractivity contribution in [3.8, 4) is 5.75 Å². The molecule has 3 rings (SSSR count). The number of halogens is 2. The molecule has 1 amide bonds. The van der Waals surface area contributed by atoms with Gasteiger partial charge < -0.3 is 9.64 Å². The molecule has 1 aromatic carbocycles. The standard InChI is InChI=1S/C18H17F2NO3S/c19-13-5-6-15(14(20)9-13)24-11-17(22)21-7-1-3-12(10-21)18(23)16-4-2-8-25-16/h2,4-6,8-9,12H,1,3,7,10-11H2. The first kappa shape index (κ1) is 17.5. The molecule has 0 bridgehead atoms. The highest BCUT2D eigenvalue weighted by atomic mass is 32.1. The normalized spacial score (nSPS) is 17.4. The molecule has 1 saturated heterocycles. The van der Waals surface area contributed by atoms with Gasteiger partial charge in [0.1, 0.15) is 5.82 Å². The van der Waals surface area contributed by atoms with Crippen LogP contribution in [0.4, 0.5) is 8.78 Å². The van der Waals surface area contributed by atoms with Gasteiger partial charge in [-0.1, -0.05) is 6.07 Å². The third-order valence-corrected chi connectivity index (χ3v) is 5.04. The number of thiophene rings is 1. The summed E-state index contributed by atoms with van der Waals surface area (Å²) in [7, 11) is 0. The monoisotopic (exact) mass is 365 g/mol. The SMILES string of the molecule is O=C(c1cccs1)C1CCCN(C(=O)COc2ccc(F)cc2F)C1. The van der Waals surface area contributed by atoms with Crippen molar-refractivity contribution in [2.75, 3.05) is 19.7 Å². The number of benzene rings is 1. The fourth-order valence-corrected chi connectivity index (χ4v) is 3.60. The van der Waals surface area contributed by atoms with Crippen LogP contribution in [0, 0.1) is 17.6 Å². The zero-order valence-corrected chi connectivity index (χ0v) is 14.2. The molecule has 132 valence electrons. The molecule has 2 heterocycles. The first-order valence-electron chi connectivity index (χ1n) is 7.98. The summed E-state index contributed by atoms with van der Waals surface area (Å²) in [5, 5.41) is 1.85. The minimum Gasteiger partial charge on any atom is -0.481 e. The van der Waals surface area contributed by atoms with Crippen molar-refractivity contribution in [1.29, 1.82) is 0 Å². The molecule has 4 nitrogen and oxygen atoms in total. The second-order valence-electron chi connectivity index (χ2n) is 5.88. The Morgan fingerprint density at radius 1 is 1.28 bits per heavy atom. The average Bonchev–Trinajstić information content (AvgIpc) is 3.15. The minimum absolute atomic E-state index is 0.0537. The van der Waals surface area contributed by atoms with Gasteiger partial charge in [0, 0.05) is 25.1 Å². The number of carbonyl (C=O) groups is 2. The highest BCUT2D eigenvalue weighted by molar-refractivity contribution is 7.12. The van der Waals surface area contributed by atoms with E-state index >= 15 is 0 Å². The van der Waals surface area contributed by atoms with E-state index in [9.17, 15) is 18.4 Å². The highest BCUT2D eigenvalue weighted by Gasteiger charge is 2.29. The molecule has 1 aromatic heterocycles. The Bertz CT molecular complexity index is 764. The van der Waals surface area contributed by atoms with Crippen molar-refractivity contribution < 1.29 is 23.1 Å². The predicted molar refractivity (Wildman–Crippen MR) is 89.8 cm³/mol. The van der Waals surface area contributed by atoms with Gasteiger partial charge in [-0.2, -0.15) is 0 Å². The Balaban J connectivity index is 1.57. The van der Waals surface area contributed by atoms with Crippen LogP contribution in [0.25, 0.3) is 0 Å². The van der Waals surface area contributed by atoms with E-state index in [1.54, 1.807) is 11.0 Å². The van der Waals surface area contributed by atoms with E-state index < -0.39 is 11.6 Å². The second kappa shape index (κ2) is 7.74. The Morgan fingerprint density at radius 2 is 2.12 bits per heavy atom. The van der Waals surface area contributed by atoms with Crippen LogP contribution < -0.4 is 4.74 Å². The van der Waals surface area contributed by atoms with E-state index in [-0.39, 0.29) is 30.0 Å². The summed E-state index contributed by atoms with van der Waals surface area (Å²) >= 11 is 1.39. The van der Waals surface area contributed by atoms with Crippen molar-refractivity contribution in [2.45, 2.75) is 12.8 Å². The van der Waals surface area contributed by atoms with Crippen molar-refractivity contribution in [1.82, 2.24) is 4.90 Å². The molecule has 0 radical (unpaired) electrons. The van der Waals surface area contributed by atoms with Gasteiger partial charge in [-0.15, -0.1) is 11.3 Å². The smallest absolute Gasteiger partial charge is 0.260 e. The topological polar surface area (TPSA) is 46.6 Å². The lowest BCUT2D eigenvalue weighted by Crippen LogP contribution is -2.44. The van der Waals surface area contributed by atoms with Crippen molar-refractivity contribution in [3.05, 3.63) is 52.2 Å². The van der Waals surface area contributed by atoms with E-state index in [4.69, 9.17) is 4.74 Å². The van der Waals surface area contributed by atoms with Gasteiger partial charge in [0.2, 0.25) is 0 Å². The third-order valence-electron chi connectivity index (χ3n) is 4.15. The van der Waals surface area contributed by atoms with E-state index in [0.29, 0.717) is 24.0 Å². The molecular weight excluding hydrogens is 348 g/mol. The lowest BCUT2D eigenvalue weighted by molar-refractivity contribution is -0.134. The van der Waals surface area contributed by atoms with Gasteiger partial charge in [0.15, 0.2) is 24.0 Å². The number of hydrogen-bond acceptors (Lipinski definition) is 4. The average molecular weight is 365 g/mol. The zero-order chi connectivity index (χ0) is 17.8. The van der Waals surface area contributed by atoms with Crippen LogP contribution in [0.3, 0.4) is 0 Å². The number of likely N-dealkylation sites (tertiary alicyclic amines) is 1. The van der Waals surface area contributed by atoms with Gasteiger partial charge in [-0.25, -0.2) is 8.78 Å². The second-order valence-corrected chi connectivity index (χ2v) is 6.83. The first-order chi connectivity index (χ1) is 12.0. The number of hydrogen-bond donors (Lipinski definition) is 0. The Hall–Kier alpha value is -2.28. The van der Waals surface area contributed by atoms with E-state index in [2.05, 4.69) is 0 Å². The maximum atomic E-state index is 13.5. The van der Waals surface area contributed by atoms with Gasteiger partial charge in [0.05, 0.1) is 4.88 Å². The first-order valence-corrected chi connectivity index (χ1v) is 8.86. The summed E-state index contributed by atoms with van der Waals surface area (Å²) < 4.78 is 31.6. The quantitative estimate of drug-likeness (QED) is 0.762. The van der Waals surface area contributed by atoms with E-state index in [0.717, 1.165) is 25.0 Å². The summed E-state index contributed by atoms with van der Waals surface area (Å²) in [6, 6.07) is 6.54. The summed E-state index contributed by atoms with van der Waals surface area (Å²) in [6.45, 7) is 0.537. The summed E-state index contributed by atoms with van der Waals surface area (Å²) in [5.41, 5.74) is 0. The molecule has 1 aliphatic rings. The van der Waals surface area contributed by atoms with Crippen LogP contribution in [-0.4, -0.2) is 36.3 Å². The van der Waals surface area contributed by atoms with Gasteiger partial charge >= 0.3 is 0 Å². The lowest BCUT2D eigenvalue weighted by Gasteiger charge is -2.31. The van der Waals surface area contributed by atoms with Crippen molar-refractivity contribution in [3.63, 3.8) is 0 Å². The number of amides is 1. The van der Waals surface area contributed by atoms with Crippen LogP contribution in [-0.2, 0) is 4.79 Å². The maximum absolute atomic E-state index is 13.5. The number of Topliss-reactive ketones (excluding diaryl/α,β-unsaturated/α-hetero) is 1. The number of carbonyl (C=O) groups excluding carboxylic acids is 2. The number of ether oxygens (including phenoxy) is 1. The van der Waals surface area contributed by atoms with Crippen LogP contribution in [0.1, 0.15) is 22.5 Å². The molecule has 7 heteroatoms. The van der Waals surface area contributed by atoms with Crippen molar-refractivity contribution in [2.24, 2.45) is 5.92 Å². The maximum Gasteiger partial charge on any atom is 0.260 e. The number of rotatable bonds is 5. The minimum atomic E-state index is -0.850. The highest BCUT2D eigenvalue weighted by Crippen LogP contribution is 2.24. The molecule has 2 aromatic rings. The summed E-state index contributed by atoms with van der Waals surface area (Å²) in [4.78, 5) is 27.0. The molecule has 25 heavy (non-hydrogen) atoms. The predicted octanol–water partition coefficient (Wildman–Crippen LogP) is 3.53. The molecule has 1 atom stereocenters. The van der Waals surface area contributed by atoms with Crippen molar-refractivity contribution >= 4 is 23.0 Å². The fraction of sp³-hybridized carbons (Fsp3) is 0.333. The van der Waals surface area contributed by atoms with Crippen LogP contribution >= 0.6 is 11.3 Å². The summed E-state index contributed by atoms with van der Waals surface area (Å²) in [6.07, 6.45) is 1.48. The fourth-order valence-electron chi connectivity index (χ4n) is 2.86. The zero-order valence-electron chi connectivity index (χ0n) is 13.4. The van der Waals surface area contributed by atoms with Crippen LogP contribution in [0.15, 0.2) is 35.7 Å². The molecule has 1 fully saturated rings. The third kappa shape index (κ3) is 4.22. The molecule has 0 aliphatic carbocycles. The number of ketones is 1. The lowest BCUT2D eigenvalue weighted by atomic mass is 9.93. The van der Waals surface area contributed by atoms with Crippen LogP contribution in [0.2, 0.25) is 0 Å². The van der Waals surface area contributed by atoms with Gasteiger partial charge in [-0.05, 0) is 36.4 Å². The van der Waals surface area contributed by atoms with E-state index in [1.165, 1.54) is 11.3 Å². The Labute approximate surface area is 148 Å². The molecule has 1 aliphatic heterocycles. The summed E-state index contributed by atoms with van der Waals surface area (Å²) in [5.74, 6) is -2.21. The van der Waals surface area contributed by atoms with Gasteiger partial charge in [0.25, 0.3) is 5.91 Å². The number of nitrogens with zero attached hydrogens (tertiary/aromatic N) is 1. The Kier molecular flexibility index (Phi) is 5.43. The van der Waals surface area contributed by atoms with E-state index in [1.807, 2.05) is 11.4 Å². The molecular formula is C18H17F2NO3S. The molecule has 0 N–H and O–H groups in total. The van der Waals surface area contributed by atoms with Crippen LogP contribution in [0.5, 0.6) is 5.75 Å². The molecule has 0 saturated carbocycles. The Morgan fingerprint density at radius 3 is 2.84 bits per heavy atom. The molecule has 1 unspecified atom stereocenters. The molecule has 0 spiro atoms. The largest absolute Gasteiger partial charge is 0.481 e.